The molecule has 0 aromatic heterocycles. The highest BCUT2D eigenvalue weighted by atomic mass is 35.5. The van der Waals surface area contributed by atoms with Crippen LogP contribution in [-0.4, -0.2) is 26.0 Å². The van der Waals surface area contributed by atoms with Gasteiger partial charge in [0.25, 0.3) is 0 Å². The van der Waals surface area contributed by atoms with Gasteiger partial charge >= 0.3 is 0 Å². The van der Waals surface area contributed by atoms with Crippen molar-refractivity contribution in [1.29, 1.82) is 0 Å². The molecule has 4 heteroatoms. The largest absolute Gasteiger partial charge is 0.385 e. The Kier molecular flexibility index (Phi) is 5.29. The molecule has 0 heterocycles. The van der Waals surface area contributed by atoms with E-state index in [-0.39, 0.29) is 5.78 Å². The predicted octanol–water partition coefficient (Wildman–Crippen LogP) is 2.99. The summed E-state index contributed by atoms with van der Waals surface area (Å²) in [5.74, 6) is 0.0161. The Hall–Kier alpha value is -1.06. The van der Waals surface area contributed by atoms with Crippen molar-refractivity contribution >= 4 is 23.1 Å². The molecule has 0 fully saturated rings. The van der Waals surface area contributed by atoms with Crippen LogP contribution in [0.1, 0.15) is 23.7 Å². The van der Waals surface area contributed by atoms with Gasteiger partial charge in [0.2, 0.25) is 0 Å². The van der Waals surface area contributed by atoms with E-state index in [1.165, 1.54) is 6.92 Å². The number of carbonyl (C=O) groups is 1. The highest BCUT2D eigenvalue weighted by Crippen LogP contribution is 2.19. The number of ether oxygens (including phenoxy) is 1. The van der Waals surface area contributed by atoms with E-state index in [0.29, 0.717) is 17.2 Å². The summed E-state index contributed by atoms with van der Waals surface area (Å²) in [5, 5.41) is 3.77. The van der Waals surface area contributed by atoms with Crippen LogP contribution in [0, 0.1) is 0 Å². The summed E-state index contributed by atoms with van der Waals surface area (Å²) >= 11 is 5.92. The van der Waals surface area contributed by atoms with Gasteiger partial charge in [-0.1, -0.05) is 11.6 Å². The Balaban J connectivity index is 2.62. The third-order valence-corrected chi connectivity index (χ3v) is 2.38. The normalized spacial score (nSPS) is 10.2. The van der Waals surface area contributed by atoms with Gasteiger partial charge in [0.1, 0.15) is 0 Å². The van der Waals surface area contributed by atoms with Crippen LogP contribution in [0.4, 0.5) is 5.69 Å². The lowest BCUT2D eigenvalue weighted by Crippen LogP contribution is -2.05. The number of halogens is 1. The molecule has 0 bridgehead atoms. The summed E-state index contributed by atoms with van der Waals surface area (Å²) in [6.07, 6.45) is 0.915. The van der Waals surface area contributed by atoms with Crippen molar-refractivity contribution in [1.82, 2.24) is 0 Å². The van der Waals surface area contributed by atoms with Crippen LogP contribution < -0.4 is 5.32 Å². The second kappa shape index (κ2) is 6.51. The zero-order valence-corrected chi connectivity index (χ0v) is 10.3. The first-order valence-corrected chi connectivity index (χ1v) is 5.55. The summed E-state index contributed by atoms with van der Waals surface area (Å²) in [6, 6.07) is 5.28. The fraction of sp³-hybridized carbons (Fsp3) is 0.417. The highest BCUT2D eigenvalue weighted by molar-refractivity contribution is 6.31. The van der Waals surface area contributed by atoms with Gasteiger partial charge in [0.05, 0.1) is 0 Å². The van der Waals surface area contributed by atoms with E-state index < -0.39 is 0 Å². The molecule has 0 saturated carbocycles. The minimum Gasteiger partial charge on any atom is -0.385 e. The Labute approximate surface area is 101 Å². The van der Waals surface area contributed by atoms with Gasteiger partial charge in [0, 0.05) is 36.5 Å². The van der Waals surface area contributed by atoms with Crippen molar-refractivity contribution in [3.63, 3.8) is 0 Å². The second-order valence-electron chi connectivity index (χ2n) is 3.56. The second-order valence-corrected chi connectivity index (χ2v) is 3.99. The van der Waals surface area contributed by atoms with Crippen molar-refractivity contribution in [3.8, 4) is 0 Å². The topological polar surface area (TPSA) is 38.3 Å². The first-order valence-electron chi connectivity index (χ1n) is 5.18. The summed E-state index contributed by atoms with van der Waals surface area (Å²) in [5.41, 5.74) is 1.50. The third kappa shape index (κ3) is 4.21. The van der Waals surface area contributed by atoms with Crippen LogP contribution >= 0.6 is 11.6 Å². The van der Waals surface area contributed by atoms with Crippen molar-refractivity contribution in [2.24, 2.45) is 0 Å². The molecule has 16 heavy (non-hydrogen) atoms. The van der Waals surface area contributed by atoms with Crippen LogP contribution in [0.2, 0.25) is 5.02 Å². The van der Waals surface area contributed by atoms with Crippen molar-refractivity contribution in [2.45, 2.75) is 13.3 Å². The predicted molar refractivity (Wildman–Crippen MR) is 66.4 cm³/mol. The molecule has 1 aromatic carbocycles. The van der Waals surface area contributed by atoms with E-state index in [1.807, 2.05) is 0 Å². The lowest BCUT2D eigenvalue weighted by Gasteiger charge is -2.08. The number of rotatable bonds is 6. The Morgan fingerprint density at radius 1 is 1.44 bits per heavy atom. The minimum absolute atomic E-state index is 0.0161. The first-order chi connectivity index (χ1) is 7.63. The molecule has 0 aliphatic carbocycles. The Morgan fingerprint density at radius 3 is 2.81 bits per heavy atom. The van der Waals surface area contributed by atoms with E-state index in [9.17, 15) is 4.79 Å². The maximum absolute atomic E-state index is 11.2. The molecular formula is C12H16ClNO2. The van der Waals surface area contributed by atoms with E-state index in [1.54, 1.807) is 25.3 Å². The molecule has 0 saturated heterocycles. The summed E-state index contributed by atoms with van der Waals surface area (Å²) in [6.45, 7) is 3.04. The lowest BCUT2D eigenvalue weighted by molar-refractivity contribution is 0.101. The van der Waals surface area contributed by atoms with Gasteiger partial charge in [-0.05, 0) is 31.5 Å². The van der Waals surface area contributed by atoms with Crippen molar-refractivity contribution in [2.75, 3.05) is 25.6 Å². The Bertz CT molecular complexity index is 366. The van der Waals surface area contributed by atoms with Crippen LogP contribution in [0.5, 0.6) is 0 Å². The molecule has 0 unspecified atom stereocenters. The fourth-order valence-electron chi connectivity index (χ4n) is 1.34. The molecule has 0 atom stereocenters. The van der Waals surface area contributed by atoms with E-state index in [2.05, 4.69) is 5.32 Å². The molecule has 0 amide bonds. The molecule has 88 valence electrons. The minimum atomic E-state index is 0.0161. The molecule has 0 radical (unpaired) electrons. The maximum Gasteiger partial charge on any atom is 0.159 e. The van der Waals surface area contributed by atoms with Gasteiger partial charge in [-0.2, -0.15) is 0 Å². The van der Waals surface area contributed by atoms with Gasteiger partial charge in [-0.25, -0.2) is 0 Å². The van der Waals surface area contributed by atoms with Crippen LogP contribution in [0.3, 0.4) is 0 Å². The number of carbonyl (C=O) groups excluding carboxylic acids is 1. The number of methoxy groups -OCH3 is 1. The monoisotopic (exact) mass is 241 g/mol. The summed E-state index contributed by atoms with van der Waals surface area (Å²) in [4.78, 5) is 11.2. The fourth-order valence-corrected chi connectivity index (χ4v) is 1.58. The average molecular weight is 242 g/mol. The quantitative estimate of drug-likeness (QED) is 0.615. The molecule has 1 N–H and O–H groups in total. The number of nitrogens with one attached hydrogen (secondary N) is 1. The van der Waals surface area contributed by atoms with E-state index in [4.69, 9.17) is 16.3 Å². The van der Waals surface area contributed by atoms with Crippen LogP contribution in [0.25, 0.3) is 0 Å². The van der Waals surface area contributed by atoms with Crippen LogP contribution in [-0.2, 0) is 4.74 Å². The van der Waals surface area contributed by atoms with Gasteiger partial charge in [0.15, 0.2) is 5.78 Å². The van der Waals surface area contributed by atoms with Gasteiger partial charge < -0.3 is 10.1 Å². The van der Waals surface area contributed by atoms with Crippen molar-refractivity contribution in [3.05, 3.63) is 28.8 Å². The molecule has 0 aliphatic heterocycles. The number of Topliss-reactive ketones (excluding diaryl/α,β-unsaturated/α-hetero) is 1. The number of hydrogen-bond donors (Lipinski definition) is 1. The zero-order chi connectivity index (χ0) is 12.0. The summed E-state index contributed by atoms with van der Waals surface area (Å²) in [7, 11) is 1.67. The van der Waals surface area contributed by atoms with Gasteiger partial charge in [-0.15, -0.1) is 0 Å². The average Bonchev–Trinajstić information content (AvgIpc) is 2.23. The number of anilines is 1. The smallest absolute Gasteiger partial charge is 0.159 e. The van der Waals surface area contributed by atoms with Gasteiger partial charge in [-0.3, -0.25) is 4.79 Å². The number of ketones is 1. The molecule has 1 rings (SSSR count). The Morgan fingerprint density at radius 2 is 2.19 bits per heavy atom. The number of hydrogen-bond acceptors (Lipinski definition) is 3. The number of benzene rings is 1. The van der Waals surface area contributed by atoms with Crippen LogP contribution in [0.15, 0.2) is 18.2 Å². The van der Waals surface area contributed by atoms with Crippen molar-refractivity contribution < 1.29 is 9.53 Å². The standard InChI is InChI=1S/C12H16ClNO2/c1-9(15)10-6-11(13)8-12(7-10)14-4-3-5-16-2/h6-8,14H,3-5H2,1-2H3. The SMILES string of the molecule is COCCCNc1cc(Cl)cc(C(C)=O)c1. The molecule has 0 spiro atoms. The lowest BCUT2D eigenvalue weighted by atomic mass is 10.1. The van der Waals surface area contributed by atoms with E-state index >= 15 is 0 Å². The van der Waals surface area contributed by atoms with E-state index in [0.717, 1.165) is 18.7 Å². The maximum atomic E-state index is 11.2. The molecular weight excluding hydrogens is 226 g/mol. The zero-order valence-electron chi connectivity index (χ0n) is 9.55. The molecule has 3 nitrogen and oxygen atoms in total. The molecule has 0 aliphatic rings. The summed E-state index contributed by atoms with van der Waals surface area (Å²) < 4.78 is 4.95. The molecule has 1 aromatic rings. The third-order valence-electron chi connectivity index (χ3n) is 2.16. The first kappa shape index (κ1) is 13.0. The highest BCUT2D eigenvalue weighted by Gasteiger charge is 2.03.